The third kappa shape index (κ3) is 3.28. The number of carbonyl (C=O) groups is 1. The summed E-state index contributed by atoms with van der Waals surface area (Å²) in [5, 5.41) is 9.33. The fourth-order valence-corrected chi connectivity index (χ4v) is 3.47. The van der Waals surface area contributed by atoms with Gasteiger partial charge < -0.3 is 5.32 Å². The van der Waals surface area contributed by atoms with Crippen LogP contribution in [0.5, 0.6) is 0 Å². The van der Waals surface area contributed by atoms with Crippen LogP contribution < -0.4 is 11.0 Å². The van der Waals surface area contributed by atoms with Gasteiger partial charge in [0.15, 0.2) is 5.82 Å². The Morgan fingerprint density at radius 2 is 2.00 bits per heavy atom. The van der Waals surface area contributed by atoms with Crippen molar-refractivity contribution in [1.82, 2.24) is 19.7 Å². The van der Waals surface area contributed by atoms with Gasteiger partial charge >= 0.3 is 5.69 Å². The van der Waals surface area contributed by atoms with Crippen LogP contribution >= 0.6 is 11.3 Å². The van der Waals surface area contributed by atoms with E-state index in [9.17, 15) is 9.59 Å². The highest BCUT2D eigenvalue weighted by molar-refractivity contribution is 7.13. The molecule has 1 aromatic carbocycles. The number of carbonyl (C=O) groups excluding carboxylic acids is 1. The quantitative estimate of drug-likeness (QED) is 0.740. The van der Waals surface area contributed by atoms with Crippen molar-refractivity contribution in [2.45, 2.75) is 25.4 Å². The predicted octanol–water partition coefficient (Wildman–Crippen LogP) is 2.54. The van der Waals surface area contributed by atoms with E-state index in [2.05, 4.69) is 10.4 Å². The summed E-state index contributed by atoms with van der Waals surface area (Å²) in [6, 6.07) is 13.2. The molecule has 7 heteroatoms. The predicted molar refractivity (Wildman–Crippen MR) is 96.8 cm³/mol. The normalized spacial score (nSPS) is 13.8. The number of thiophene rings is 1. The van der Waals surface area contributed by atoms with Crippen LogP contribution in [0.1, 0.15) is 29.2 Å². The zero-order valence-corrected chi connectivity index (χ0v) is 14.4. The minimum absolute atomic E-state index is 0.0974. The number of hydrogen-bond acceptors (Lipinski definition) is 4. The highest BCUT2D eigenvalue weighted by Crippen LogP contribution is 2.37. The molecule has 6 nitrogen and oxygen atoms in total. The van der Waals surface area contributed by atoms with E-state index in [1.807, 2.05) is 35.7 Å². The van der Waals surface area contributed by atoms with Crippen molar-refractivity contribution in [3.8, 4) is 10.7 Å². The first-order valence-electron chi connectivity index (χ1n) is 8.30. The number of amides is 1. The van der Waals surface area contributed by atoms with Crippen LogP contribution in [-0.2, 0) is 6.54 Å². The molecule has 25 heavy (non-hydrogen) atoms. The first-order valence-corrected chi connectivity index (χ1v) is 9.18. The van der Waals surface area contributed by atoms with Gasteiger partial charge in [-0.15, -0.1) is 16.4 Å². The molecule has 1 aliphatic carbocycles. The lowest BCUT2D eigenvalue weighted by atomic mass is 10.2. The molecule has 0 saturated heterocycles. The van der Waals surface area contributed by atoms with Gasteiger partial charge in [0.25, 0.3) is 5.91 Å². The lowest BCUT2D eigenvalue weighted by molar-refractivity contribution is 0.0952. The molecule has 0 atom stereocenters. The molecule has 1 aliphatic rings. The van der Waals surface area contributed by atoms with Crippen LogP contribution in [0, 0.1) is 0 Å². The van der Waals surface area contributed by atoms with Gasteiger partial charge in [0.05, 0.1) is 11.4 Å². The molecule has 0 bridgehead atoms. The van der Waals surface area contributed by atoms with E-state index in [-0.39, 0.29) is 17.6 Å². The number of aromatic nitrogens is 3. The van der Waals surface area contributed by atoms with Gasteiger partial charge in [-0.25, -0.2) is 9.48 Å². The van der Waals surface area contributed by atoms with E-state index in [0.29, 0.717) is 18.7 Å². The van der Waals surface area contributed by atoms with E-state index in [1.165, 1.54) is 4.68 Å². The highest BCUT2D eigenvalue weighted by atomic mass is 32.1. The van der Waals surface area contributed by atoms with Crippen LogP contribution in [0.4, 0.5) is 0 Å². The second kappa shape index (κ2) is 6.68. The van der Waals surface area contributed by atoms with Crippen molar-refractivity contribution >= 4 is 17.2 Å². The summed E-state index contributed by atoms with van der Waals surface area (Å²) in [5.74, 6) is 0.589. The Morgan fingerprint density at radius 1 is 1.20 bits per heavy atom. The Labute approximate surface area is 148 Å². The van der Waals surface area contributed by atoms with E-state index < -0.39 is 0 Å². The van der Waals surface area contributed by atoms with Crippen LogP contribution in [0.3, 0.4) is 0 Å². The Bertz CT molecular complexity index is 924. The van der Waals surface area contributed by atoms with Crippen LogP contribution in [0.15, 0.2) is 52.6 Å². The lowest BCUT2D eigenvalue weighted by Gasteiger charge is -2.04. The van der Waals surface area contributed by atoms with Crippen molar-refractivity contribution in [1.29, 1.82) is 0 Å². The number of nitrogens with one attached hydrogen (secondary N) is 1. The van der Waals surface area contributed by atoms with Gasteiger partial charge in [-0.3, -0.25) is 9.36 Å². The topological polar surface area (TPSA) is 68.9 Å². The van der Waals surface area contributed by atoms with Crippen molar-refractivity contribution in [2.75, 3.05) is 6.54 Å². The second-order valence-electron chi connectivity index (χ2n) is 6.03. The average Bonchev–Trinajstić information content (AvgIpc) is 3.21. The molecule has 2 heterocycles. The SMILES string of the molecule is O=C(NCCn1nc(-c2cccs2)n(C2CC2)c1=O)c1ccccc1. The van der Waals surface area contributed by atoms with Gasteiger partial charge in [0.1, 0.15) is 0 Å². The smallest absolute Gasteiger partial charge is 0.346 e. The van der Waals surface area contributed by atoms with E-state index in [0.717, 1.165) is 23.5 Å². The van der Waals surface area contributed by atoms with Crippen LogP contribution in [-0.4, -0.2) is 26.8 Å². The molecule has 0 radical (unpaired) electrons. The van der Waals surface area contributed by atoms with Gasteiger partial charge in [0, 0.05) is 18.2 Å². The van der Waals surface area contributed by atoms with E-state index >= 15 is 0 Å². The Morgan fingerprint density at radius 3 is 2.68 bits per heavy atom. The number of hydrogen-bond donors (Lipinski definition) is 1. The molecule has 1 N–H and O–H groups in total. The summed E-state index contributed by atoms with van der Waals surface area (Å²) < 4.78 is 3.25. The molecule has 3 aromatic rings. The minimum Gasteiger partial charge on any atom is -0.350 e. The largest absolute Gasteiger partial charge is 0.350 e. The van der Waals surface area contributed by atoms with E-state index in [4.69, 9.17) is 0 Å². The lowest BCUT2D eigenvalue weighted by Crippen LogP contribution is -2.32. The molecule has 1 saturated carbocycles. The summed E-state index contributed by atoms with van der Waals surface area (Å²) in [4.78, 5) is 25.7. The highest BCUT2D eigenvalue weighted by Gasteiger charge is 2.30. The Balaban J connectivity index is 1.49. The second-order valence-corrected chi connectivity index (χ2v) is 6.98. The van der Waals surface area contributed by atoms with Gasteiger partial charge in [-0.2, -0.15) is 0 Å². The van der Waals surface area contributed by atoms with Gasteiger partial charge in [0.2, 0.25) is 0 Å². The van der Waals surface area contributed by atoms with Crippen LogP contribution in [0.25, 0.3) is 10.7 Å². The average molecular weight is 354 g/mol. The maximum atomic E-state index is 12.7. The number of rotatable bonds is 6. The molecule has 0 unspecified atom stereocenters. The van der Waals surface area contributed by atoms with Crippen molar-refractivity contribution in [3.05, 3.63) is 63.9 Å². The molecule has 4 rings (SSSR count). The zero-order valence-electron chi connectivity index (χ0n) is 13.6. The molecule has 2 aromatic heterocycles. The first-order chi connectivity index (χ1) is 12.2. The summed E-state index contributed by atoms with van der Waals surface area (Å²) in [6.07, 6.45) is 2.05. The van der Waals surface area contributed by atoms with E-state index in [1.54, 1.807) is 28.0 Å². The maximum absolute atomic E-state index is 12.7. The summed E-state index contributed by atoms with van der Waals surface area (Å²) in [7, 11) is 0. The molecular formula is C18H18N4O2S. The maximum Gasteiger partial charge on any atom is 0.346 e. The molecule has 128 valence electrons. The van der Waals surface area contributed by atoms with Crippen molar-refractivity contribution < 1.29 is 4.79 Å². The Hall–Kier alpha value is -2.67. The van der Waals surface area contributed by atoms with Crippen molar-refractivity contribution in [3.63, 3.8) is 0 Å². The van der Waals surface area contributed by atoms with Crippen LogP contribution in [0.2, 0.25) is 0 Å². The molecule has 1 fully saturated rings. The number of nitrogens with zero attached hydrogens (tertiary/aromatic N) is 3. The first kappa shape index (κ1) is 15.8. The van der Waals surface area contributed by atoms with Gasteiger partial charge in [-0.1, -0.05) is 24.3 Å². The Kier molecular flexibility index (Phi) is 4.23. The number of benzene rings is 1. The fraction of sp³-hybridized carbons (Fsp3) is 0.278. The third-order valence-electron chi connectivity index (χ3n) is 4.17. The summed E-state index contributed by atoms with van der Waals surface area (Å²) >= 11 is 1.58. The molecule has 0 spiro atoms. The minimum atomic E-state index is -0.145. The summed E-state index contributed by atoms with van der Waals surface area (Å²) in [5.41, 5.74) is 0.512. The third-order valence-corrected chi connectivity index (χ3v) is 5.04. The van der Waals surface area contributed by atoms with Crippen molar-refractivity contribution in [2.24, 2.45) is 0 Å². The van der Waals surface area contributed by atoms with Gasteiger partial charge in [-0.05, 0) is 36.4 Å². The standard InChI is InChI=1S/C18H18N4O2S/c23-17(13-5-2-1-3-6-13)19-10-11-21-18(24)22(14-8-9-14)16(20-21)15-7-4-12-25-15/h1-7,12,14H,8-11H2,(H,19,23). The summed E-state index contributed by atoms with van der Waals surface area (Å²) in [6.45, 7) is 0.717. The fourth-order valence-electron chi connectivity index (χ4n) is 2.77. The molecular weight excluding hydrogens is 336 g/mol. The molecule has 1 amide bonds. The molecule has 0 aliphatic heterocycles. The zero-order chi connectivity index (χ0) is 17.2. The monoisotopic (exact) mass is 354 g/mol.